The van der Waals surface area contributed by atoms with E-state index in [1.807, 2.05) is 30.3 Å². The van der Waals surface area contributed by atoms with Gasteiger partial charge in [0.2, 0.25) is 0 Å². The molecular weight excluding hydrogens is 263 g/mol. The zero-order chi connectivity index (χ0) is 14.3. The number of hydroxylamine groups is 1. The van der Waals surface area contributed by atoms with Crippen molar-refractivity contribution in [3.8, 4) is 0 Å². The lowest BCUT2D eigenvalue weighted by molar-refractivity contribution is -0.194. The Kier molecular flexibility index (Phi) is 5.78. The molecule has 0 aliphatic carbocycles. The fraction of sp³-hybridized carbons (Fsp3) is 0.417. The van der Waals surface area contributed by atoms with Crippen LogP contribution in [0.3, 0.4) is 0 Å². The molecule has 1 N–H and O–H groups in total. The number of halogens is 3. The van der Waals surface area contributed by atoms with Gasteiger partial charge in [0.15, 0.2) is 6.61 Å². The number of hydrogen-bond donors (Lipinski definition) is 1. The third-order valence-corrected chi connectivity index (χ3v) is 2.12. The summed E-state index contributed by atoms with van der Waals surface area (Å²) in [6, 6.07) is 9.09. The van der Waals surface area contributed by atoms with Gasteiger partial charge in [-0.25, -0.2) is 5.48 Å². The van der Waals surface area contributed by atoms with Gasteiger partial charge < -0.3 is 4.74 Å². The maximum atomic E-state index is 11.8. The second-order valence-electron chi connectivity index (χ2n) is 3.81. The first kappa shape index (κ1) is 15.5. The van der Waals surface area contributed by atoms with Crippen molar-refractivity contribution < 1.29 is 27.5 Å². The minimum atomic E-state index is -4.48. The van der Waals surface area contributed by atoms with Crippen LogP contribution >= 0.6 is 0 Å². The highest BCUT2D eigenvalue weighted by Gasteiger charge is 2.28. The van der Waals surface area contributed by atoms with Gasteiger partial charge in [0.25, 0.3) is 5.91 Å². The number of carbonyl (C=O) groups excluding carboxylic acids is 1. The van der Waals surface area contributed by atoms with Crippen LogP contribution in [0.4, 0.5) is 13.2 Å². The largest absolute Gasteiger partial charge is 0.414 e. The molecule has 7 heteroatoms. The molecule has 1 aromatic rings. The van der Waals surface area contributed by atoms with Gasteiger partial charge in [-0.15, -0.1) is 0 Å². The highest BCUT2D eigenvalue weighted by atomic mass is 19.4. The van der Waals surface area contributed by atoms with Crippen LogP contribution < -0.4 is 5.48 Å². The molecule has 106 valence electrons. The lowest BCUT2D eigenvalue weighted by Gasteiger charge is -2.14. The minimum Gasteiger partial charge on any atom is -0.364 e. The summed E-state index contributed by atoms with van der Waals surface area (Å²) in [5, 5.41) is 0. The van der Waals surface area contributed by atoms with Gasteiger partial charge in [0.05, 0.1) is 6.61 Å². The van der Waals surface area contributed by atoms with Crippen molar-refractivity contribution >= 4 is 5.91 Å². The Morgan fingerprint density at radius 2 is 1.95 bits per heavy atom. The summed E-state index contributed by atoms with van der Waals surface area (Å²) in [7, 11) is 0. The number of carbonyl (C=O) groups is 1. The molecule has 19 heavy (non-hydrogen) atoms. The standard InChI is InChI=1S/C12H14F3NO3/c1-9(11(17)16-19-8-12(13,14)15)18-7-10-5-3-2-4-6-10/h2-6,9H,7-8H2,1H3,(H,16,17). The molecule has 1 amide bonds. The Morgan fingerprint density at radius 3 is 2.53 bits per heavy atom. The molecule has 4 nitrogen and oxygen atoms in total. The normalized spacial score (nSPS) is 13.1. The quantitative estimate of drug-likeness (QED) is 0.811. The molecule has 0 saturated heterocycles. The van der Waals surface area contributed by atoms with E-state index >= 15 is 0 Å². The fourth-order valence-corrected chi connectivity index (χ4v) is 1.14. The Labute approximate surface area is 108 Å². The van der Waals surface area contributed by atoms with E-state index in [0.29, 0.717) is 0 Å². The third-order valence-electron chi connectivity index (χ3n) is 2.12. The first-order valence-electron chi connectivity index (χ1n) is 5.52. The number of ether oxygens (including phenoxy) is 1. The highest BCUT2D eigenvalue weighted by Crippen LogP contribution is 2.13. The van der Waals surface area contributed by atoms with Gasteiger partial charge in [0, 0.05) is 0 Å². The number of rotatable bonds is 6. The summed E-state index contributed by atoms with van der Waals surface area (Å²) in [5.74, 6) is -0.764. The number of nitrogens with one attached hydrogen (secondary N) is 1. The Hall–Kier alpha value is -1.60. The van der Waals surface area contributed by atoms with Gasteiger partial charge in [0.1, 0.15) is 6.10 Å². The predicted molar refractivity (Wildman–Crippen MR) is 60.8 cm³/mol. The summed E-state index contributed by atoms with van der Waals surface area (Å²) in [5.41, 5.74) is 2.55. The van der Waals surface area contributed by atoms with Crippen molar-refractivity contribution in [1.29, 1.82) is 0 Å². The molecule has 0 radical (unpaired) electrons. The van der Waals surface area contributed by atoms with Crippen LogP contribution in [0.2, 0.25) is 0 Å². The van der Waals surface area contributed by atoms with Crippen molar-refractivity contribution in [3.05, 3.63) is 35.9 Å². The molecule has 0 saturated carbocycles. The molecule has 0 aromatic heterocycles. The summed E-state index contributed by atoms with van der Waals surface area (Å²) in [6.07, 6.45) is -5.39. The third kappa shape index (κ3) is 6.78. The van der Waals surface area contributed by atoms with Gasteiger partial charge in [-0.1, -0.05) is 30.3 Å². The Bertz CT molecular complexity index is 395. The first-order chi connectivity index (χ1) is 8.88. The van der Waals surface area contributed by atoms with Crippen molar-refractivity contribution in [1.82, 2.24) is 5.48 Å². The molecule has 0 aliphatic rings. The van der Waals surface area contributed by atoms with Crippen LogP contribution in [-0.2, 0) is 21.0 Å². The number of hydrogen-bond acceptors (Lipinski definition) is 3. The molecule has 0 heterocycles. The molecule has 1 unspecified atom stereocenters. The molecular formula is C12H14F3NO3. The van der Waals surface area contributed by atoms with E-state index in [1.165, 1.54) is 6.92 Å². The number of amides is 1. The topological polar surface area (TPSA) is 47.6 Å². The first-order valence-corrected chi connectivity index (χ1v) is 5.52. The van der Waals surface area contributed by atoms with E-state index in [-0.39, 0.29) is 6.61 Å². The summed E-state index contributed by atoms with van der Waals surface area (Å²) < 4.78 is 40.5. The van der Waals surface area contributed by atoms with E-state index < -0.39 is 24.8 Å². The number of alkyl halides is 3. The highest BCUT2D eigenvalue weighted by molar-refractivity contribution is 5.79. The SMILES string of the molecule is CC(OCc1ccccc1)C(=O)NOCC(F)(F)F. The van der Waals surface area contributed by atoms with Crippen LogP contribution in [0.15, 0.2) is 30.3 Å². The van der Waals surface area contributed by atoms with Crippen LogP contribution in [0.25, 0.3) is 0 Å². The second-order valence-corrected chi connectivity index (χ2v) is 3.81. The van der Waals surface area contributed by atoms with Crippen molar-refractivity contribution in [2.45, 2.75) is 25.8 Å². The lowest BCUT2D eigenvalue weighted by Crippen LogP contribution is -2.36. The van der Waals surface area contributed by atoms with Crippen LogP contribution in [-0.4, -0.2) is 24.8 Å². The van der Waals surface area contributed by atoms with Gasteiger partial charge >= 0.3 is 6.18 Å². The van der Waals surface area contributed by atoms with Crippen LogP contribution in [0, 0.1) is 0 Å². The molecule has 0 bridgehead atoms. The van der Waals surface area contributed by atoms with Gasteiger partial charge in [-0.2, -0.15) is 13.2 Å². The lowest BCUT2D eigenvalue weighted by atomic mass is 10.2. The van der Waals surface area contributed by atoms with E-state index in [9.17, 15) is 18.0 Å². The van der Waals surface area contributed by atoms with Crippen molar-refractivity contribution in [2.75, 3.05) is 6.61 Å². The van der Waals surface area contributed by atoms with Crippen molar-refractivity contribution in [3.63, 3.8) is 0 Å². The molecule has 1 atom stereocenters. The zero-order valence-electron chi connectivity index (χ0n) is 10.2. The predicted octanol–water partition coefficient (Wildman–Crippen LogP) is 2.20. The average molecular weight is 277 g/mol. The second kappa shape index (κ2) is 7.10. The smallest absolute Gasteiger partial charge is 0.364 e. The van der Waals surface area contributed by atoms with Gasteiger partial charge in [-0.3, -0.25) is 9.63 Å². The molecule has 0 aliphatic heterocycles. The molecule has 0 spiro atoms. The van der Waals surface area contributed by atoms with E-state index in [4.69, 9.17) is 4.74 Å². The minimum absolute atomic E-state index is 0.189. The maximum Gasteiger partial charge on any atom is 0.414 e. The van der Waals surface area contributed by atoms with Gasteiger partial charge in [-0.05, 0) is 12.5 Å². The van der Waals surface area contributed by atoms with Crippen LogP contribution in [0.5, 0.6) is 0 Å². The zero-order valence-corrected chi connectivity index (χ0v) is 10.2. The Balaban J connectivity index is 2.25. The molecule has 1 aromatic carbocycles. The average Bonchev–Trinajstić information content (AvgIpc) is 2.35. The van der Waals surface area contributed by atoms with E-state index in [1.54, 1.807) is 5.48 Å². The monoisotopic (exact) mass is 277 g/mol. The summed E-state index contributed by atoms with van der Waals surface area (Å²) in [6.45, 7) is 0.0774. The molecule has 1 rings (SSSR count). The maximum absolute atomic E-state index is 11.8. The number of benzene rings is 1. The summed E-state index contributed by atoms with van der Waals surface area (Å²) in [4.78, 5) is 15.4. The fourth-order valence-electron chi connectivity index (χ4n) is 1.14. The van der Waals surface area contributed by atoms with Crippen molar-refractivity contribution in [2.24, 2.45) is 0 Å². The Morgan fingerprint density at radius 1 is 1.32 bits per heavy atom. The molecule has 0 fully saturated rings. The summed E-state index contributed by atoms with van der Waals surface area (Å²) >= 11 is 0. The van der Waals surface area contributed by atoms with Crippen LogP contribution in [0.1, 0.15) is 12.5 Å². The van der Waals surface area contributed by atoms with E-state index in [0.717, 1.165) is 5.56 Å². The van der Waals surface area contributed by atoms with E-state index in [2.05, 4.69) is 4.84 Å².